The highest BCUT2D eigenvalue weighted by Crippen LogP contribution is 2.35. The molecule has 0 bridgehead atoms. The monoisotopic (exact) mass is 490 g/mol. The number of rotatable bonds is 6. The molecule has 36 heavy (non-hydrogen) atoms. The van der Waals surface area contributed by atoms with E-state index in [4.69, 9.17) is 13.9 Å². The van der Waals surface area contributed by atoms with Crippen molar-refractivity contribution in [2.75, 3.05) is 45.3 Å². The van der Waals surface area contributed by atoms with E-state index in [0.717, 1.165) is 31.9 Å². The van der Waals surface area contributed by atoms with Crippen molar-refractivity contribution in [3.8, 4) is 28.4 Å². The second kappa shape index (κ2) is 9.91. The number of phenolic OH excluding ortho intramolecular Hbond substituents is 1. The van der Waals surface area contributed by atoms with Gasteiger partial charge in [-0.3, -0.25) is 4.90 Å². The smallest absolute Gasteiger partial charge is 0.344 e. The first-order valence-corrected chi connectivity index (χ1v) is 11.7. The molecule has 1 aromatic heterocycles. The highest BCUT2D eigenvalue weighted by molar-refractivity contribution is 5.86. The van der Waals surface area contributed by atoms with Gasteiger partial charge in [0, 0.05) is 55.4 Å². The number of phenols is 1. The predicted molar refractivity (Wildman–Crippen MR) is 137 cm³/mol. The number of benzene rings is 3. The zero-order valence-corrected chi connectivity index (χ0v) is 20.2. The lowest BCUT2D eigenvalue weighted by atomic mass is 10.0. The second-order valence-electron chi connectivity index (χ2n) is 8.73. The number of piperazine rings is 1. The van der Waals surface area contributed by atoms with Gasteiger partial charge in [0.15, 0.2) is 0 Å². The van der Waals surface area contributed by atoms with Crippen LogP contribution in [0.15, 0.2) is 69.9 Å². The molecule has 0 radical (unpaired) electrons. The van der Waals surface area contributed by atoms with E-state index < -0.39 is 5.63 Å². The minimum atomic E-state index is -0.515. The number of hydrogen-bond donors (Lipinski definition) is 1. The third-order valence-corrected chi connectivity index (χ3v) is 6.63. The molecule has 186 valence electrons. The lowest BCUT2D eigenvalue weighted by molar-refractivity contribution is 0.246. The van der Waals surface area contributed by atoms with Crippen LogP contribution >= 0.6 is 0 Å². The SMILES string of the molecule is COc1ccc(-c2cc3ccc(O)c(CN4CCN(c5ccc(F)cc5)CC4)c3oc2=O)c(OC)c1. The summed E-state index contributed by atoms with van der Waals surface area (Å²) in [5, 5.41) is 11.4. The molecule has 1 saturated heterocycles. The van der Waals surface area contributed by atoms with Crippen molar-refractivity contribution in [3.05, 3.63) is 82.5 Å². The van der Waals surface area contributed by atoms with Gasteiger partial charge in [0.2, 0.25) is 0 Å². The Morgan fingerprint density at radius 2 is 1.67 bits per heavy atom. The van der Waals surface area contributed by atoms with Gasteiger partial charge in [-0.1, -0.05) is 0 Å². The van der Waals surface area contributed by atoms with Gasteiger partial charge in [-0.25, -0.2) is 9.18 Å². The van der Waals surface area contributed by atoms with Gasteiger partial charge in [0.1, 0.15) is 28.6 Å². The molecule has 0 aliphatic carbocycles. The molecule has 0 unspecified atom stereocenters. The maximum absolute atomic E-state index is 13.2. The Hall–Kier alpha value is -4.04. The number of hydrogen-bond acceptors (Lipinski definition) is 7. The van der Waals surface area contributed by atoms with E-state index in [1.54, 1.807) is 55.6 Å². The molecule has 0 spiro atoms. The molecule has 5 rings (SSSR count). The van der Waals surface area contributed by atoms with Crippen molar-refractivity contribution < 1.29 is 23.4 Å². The van der Waals surface area contributed by atoms with Crippen LogP contribution in [-0.4, -0.2) is 50.4 Å². The summed E-state index contributed by atoms with van der Waals surface area (Å²) in [5.41, 5.74) is 2.38. The molecule has 7 nitrogen and oxygen atoms in total. The highest BCUT2D eigenvalue weighted by atomic mass is 19.1. The van der Waals surface area contributed by atoms with Crippen LogP contribution in [-0.2, 0) is 6.54 Å². The van der Waals surface area contributed by atoms with Crippen LogP contribution in [0.5, 0.6) is 17.2 Å². The minimum Gasteiger partial charge on any atom is -0.507 e. The van der Waals surface area contributed by atoms with E-state index in [1.807, 2.05) is 0 Å². The summed E-state index contributed by atoms with van der Waals surface area (Å²) in [4.78, 5) is 17.5. The molecular weight excluding hydrogens is 463 g/mol. The zero-order chi connectivity index (χ0) is 25.2. The molecule has 1 fully saturated rings. The summed E-state index contributed by atoms with van der Waals surface area (Å²) < 4.78 is 29.8. The third kappa shape index (κ3) is 4.59. The summed E-state index contributed by atoms with van der Waals surface area (Å²) in [5.74, 6) is 0.951. The molecule has 1 aliphatic rings. The van der Waals surface area contributed by atoms with Crippen LogP contribution in [0.25, 0.3) is 22.1 Å². The Kier molecular flexibility index (Phi) is 6.52. The van der Waals surface area contributed by atoms with Gasteiger partial charge in [0.05, 0.1) is 25.3 Å². The molecule has 0 amide bonds. The van der Waals surface area contributed by atoms with Crippen molar-refractivity contribution in [2.45, 2.75) is 6.54 Å². The fourth-order valence-corrected chi connectivity index (χ4v) is 4.63. The lowest BCUT2D eigenvalue weighted by Gasteiger charge is -2.36. The topological polar surface area (TPSA) is 75.4 Å². The first-order valence-electron chi connectivity index (χ1n) is 11.7. The van der Waals surface area contributed by atoms with E-state index in [1.165, 1.54) is 19.2 Å². The summed E-state index contributed by atoms with van der Waals surface area (Å²) in [6.07, 6.45) is 0. The van der Waals surface area contributed by atoms with E-state index in [-0.39, 0.29) is 11.6 Å². The van der Waals surface area contributed by atoms with Crippen molar-refractivity contribution >= 4 is 16.7 Å². The Bertz CT molecular complexity index is 1440. The minimum absolute atomic E-state index is 0.0846. The van der Waals surface area contributed by atoms with Gasteiger partial charge < -0.3 is 23.9 Å². The van der Waals surface area contributed by atoms with Crippen LogP contribution in [0.2, 0.25) is 0 Å². The quantitative estimate of drug-likeness (QED) is 0.395. The highest BCUT2D eigenvalue weighted by Gasteiger charge is 2.22. The van der Waals surface area contributed by atoms with E-state index in [0.29, 0.717) is 45.7 Å². The first kappa shape index (κ1) is 23.7. The summed E-state index contributed by atoms with van der Waals surface area (Å²) in [6, 6.07) is 16.9. The Morgan fingerprint density at radius 3 is 2.36 bits per heavy atom. The van der Waals surface area contributed by atoms with Gasteiger partial charge in [0.25, 0.3) is 0 Å². The zero-order valence-electron chi connectivity index (χ0n) is 20.2. The molecule has 1 N–H and O–H groups in total. The normalized spacial score (nSPS) is 14.2. The molecule has 4 aromatic rings. The molecule has 8 heteroatoms. The summed E-state index contributed by atoms with van der Waals surface area (Å²) >= 11 is 0. The molecule has 0 saturated carbocycles. The van der Waals surface area contributed by atoms with Crippen LogP contribution in [0.1, 0.15) is 5.56 Å². The Balaban J connectivity index is 1.41. The van der Waals surface area contributed by atoms with Crippen molar-refractivity contribution in [1.82, 2.24) is 4.90 Å². The first-order chi connectivity index (χ1) is 17.5. The lowest BCUT2D eigenvalue weighted by Crippen LogP contribution is -2.46. The Labute approximate surface area is 207 Å². The largest absolute Gasteiger partial charge is 0.507 e. The second-order valence-corrected chi connectivity index (χ2v) is 8.73. The van der Waals surface area contributed by atoms with E-state index >= 15 is 0 Å². The van der Waals surface area contributed by atoms with E-state index in [9.17, 15) is 14.3 Å². The number of methoxy groups -OCH3 is 2. The van der Waals surface area contributed by atoms with Crippen molar-refractivity contribution in [3.63, 3.8) is 0 Å². The number of fused-ring (bicyclic) bond motifs is 1. The molecule has 1 aliphatic heterocycles. The van der Waals surface area contributed by atoms with Crippen LogP contribution in [0.4, 0.5) is 10.1 Å². The van der Waals surface area contributed by atoms with E-state index in [2.05, 4.69) is 9.80 Å². The van der Waals surface area contributed by atoms with Gasteiger partial charge in [-0.05, 0) is 54.6 Å². The fraction of sp³-hybridized carbons (Fsp3) is 0.250. The predicted octanol–water partition coefficient (Wildman–Crippen LogP) is 4.64. The number of nitrogens with zero attached hydrogens (tertiary/aromatic N) is 2. The fourth-order valence-electron chi connectivity index (χ4n) is 4.63. The molecule has 3 aromatic carbocycles. The van der Waals surface area contributed by atoms with Gasteiger partial charge in [-0.15, -0.1) is 0 Å². The van der Waals surface area contributed by atoms with Crippen LogP contribution < -0.4 is 20.0 Å². The maximum atomic E-state index is 13.2. The number of ether oxygens (including phenoxy) is 2. The molecule has 2 heterocycles. The van der Waals surface area contributed by atoms with Crippen LogP contribution in [0, 0.1) is 5.82 Å². The average Bonchev–Trinajstić information content (AvgIpc) is 2.91. The average molecular weight is 491 g/mol. The number of halogens is 1. The third-order valence-electron chi connectivity index (χ3n) is 6.63. The van der Waals surface area contributed by atoms with Gasteiger partial charge in [-0.2, -0.15) is 0 Å². The van der Waals surface area contributed by atoms with Crippen molar-refractivity contribution in [1.29, 1.82) is 0 Å². The maximum Gasteiger partial charge on any atom is 0.344 e. The summed E-state index contributed by atoms with van der Waals surface area (Å²) in [6.45, 7) is 3.47. The molecular formula is C28H27FN2O5. The van der Waals surface area contributed by atoms with Crippen LogP contribution in [0.3, 0.4) is 0 Å². The number of aromatic hydroxyl groups is 1. The number of anilines is 1. The Morgan fingerprint density at radius 1 is 0.917 bits per heavy atom. The standard InChI is InChI=1S/C28H27FN2O5/c1-34-21-8-9-22(26(16-21)35-2)23-15-18-3-10-25(32)24(27(18)36-28(23)33)17-30-11-13-31(14-12-30)20-6-4-19(29)5-7-20/h3-10,15-16,32H,11-14,17H2,1-2H3. The van der Waals surface area contributed by atoms with Crippen molar-refractivity contribution in [2.24, 2.45) is 0 Å². The summed E-state index contributed by atoms with van der Waals surface area (Å²) in [7, 11) is 3.10. The van der Waals surface area contributed by atoms with Gasteiger partial charge >= 0.3 is 5.63 Å². The molecule has 0 atom stereocenters.